The van der Waals surface area contributed by atoms with Gasteiger partial charge in [-0.2, -0.15) is 0 Å². The second-order valence-corrected chi connectivity index (χ2v) is 23.2. The van der Waals surface area contributed by atoms with E-state index >= 15 is 0 Å². The summed E-state index contributed by atoms with van der Waals surface area (Å²) < 4.78 is 4.40. The predicted molar refractivity (Wildman–Crippen MR) is 135 cm³/mol. The van der Waals surface area contributed by atoms with E-state index < -0.39 is 21.2 Å². The van der Waals surface area contributed by atoms with Gasteiger partial charge in [0.05, 0.1) is 0 Å². The molecule has 4 rings (SSSR count). The number of hydrogen-bond donors (Lipinski definition) is 0. The standard InChI is InChI=1S/C6Cl5.3C6H5.Pb/c7-2-1-3(8)5(10)6(11)4(2)9;3*1-2-4-6-5-3-1;/h;3*1-5H;. The monoisotopic (exact) mass is 686 g/mol. The van der Waals surface area contributed by atoms with Crippen LogP contribution in [-0.2, 0) is 0 Å². The fraction of sp³-hybridized carbons (Fsp3) is 0. The van der Waals surface area contributed by atoms with Crippen LogP contribution >= 0.6 is 58.0 Å². The van der Waals surface area contributed by atoms with Gasteiger partial charge in [-0.25, -0.2) is 0 Å². The Bertz CT molecular complexity index is 1050. The summed E-state index contributed by atoms with van der Waals surface area (Å²) in [5, 5.41) is 1.38. The molecule has 150 valence electrons. The van der Waals surface area contributed by atoms with Crippen molar-refractivity contribution in [1.82, 2.24) is 0 Å². The first-order chi connectivity index (χ1) is 14.5. The van der Waals surface area contributed by atoms with E-state index in [-0.39, 0.29) is 15.1 Å². The topological polar surface area (TPSA) is 0 Å². The molecule has 0 nitrogen and oxygen atoms in total. The molecule has 0 fully saturated rings. The van der Waals surface area contributed by atoms with E-state index in [0.29, 0.717) is 10.0 Å². The summed E-state index contributed by atoms with van der Waals surface area (Å²) in [6.07, 6.45) is 0. The van der Waals surface area contributed by atoms with E-state index in [0.717, 1.165) is 3.12 Å². The molecular formula is C24H15Cl5Pb. The molecule has 0 aliphatic heterocycles. The summed E-state index contributed by atoms with van der Waals surface area (Å²) in [6, 6.07) is 31.1. The van der Waals surface area contributed by atoms with Gasteiger partial charge in [-0.3, -0.25) is 0 Å². The predicted octanol–water partition coefficient (Wildman–Crippen LogP) is 6.33. The Morgan fingerprint density at radius 3 is 0.933 bits per heavy atom. The average Bonchev–Trinajstić information content (AvgIpc) is 2.81. The molecule has 0 aliphatic carbocycles. The van der Waals surface area contributed by atoms with Crippen molar-refractivity contribution in [1.29, 1.82) is 0 Å². The van der Waals surface area contributed by atoms with Crippen LogP contribution in [0.25, 0.3) is 0 Å². The molecule has 0 heterocycles. The molecule has 0 unspecified atom stereocenters. The molecule has 0 radical (unpaired) electrons. The van der Waals surface area contributed by atoms with E-state index in [2.05, 4.69) is 36.4 Å². The van der Waals surface area contributed by atoms with Crippen LogP contribution < -0.4 is 12.5 Å². The summed E-state index contributed by atoms with van der Waals surface area (Å²) in [4.78, 5) is 0. The summed E-state index contributed by atoms with van der Waals surface area (Å²) >= 11 is 29.0. The third-order valence-corrected chi connectivity index (χ3v) is 27.6. The van der Waals surface area contributed by atoms with Crippen LogP contribution in [0, 0.1) is 0 Å². The van der Waals surface area contributed by atoms with Crippen molar-refractivity contribution in [3.63, 3.8) is 0 Å². The molecule has 4 aromatic carbocycles. The first kappa shape index (κ1) is 22.4. The second kappa shape index (κ2) is 9.40. The van der Waals surface area contributed by atoms with Crippen LogP contribution in [0.2, 0.25) is 25.1 Å². The van der Waals surface area contributed by atoms with Gasteiger partial charge >= 0.3 is 208 Å². The number of halogens is 5. The van der Waals surface area contributed by atoms with Gasteiger partial charge < -0.3 is 0 Å². The van der Waals surface area contributed by atoms with Gasteiger partial charge in [0.25, 0.3) is 0 Å². The number of hydrogen-bond acceptors (Lipinski definition) is 0. The van der Waals surface area contributed by atoms with Crippen LogP contribution in [0.15, 0.2) is 91.0 Å². The Morgan fingerprint density at radius 1 is 0.367 bits per heavy atom. The van der Waals surface area contributed by atoms with Gasteiger partial charge in [-0.15, -0.1) is 0 Å². The average molecular weight is 688 g/mol. The maximum atomic E-state index is 6.91. The Hall–Kier alpha value is -0.748. The van der Waals surface area contributed by atoms with Crippen molar-refractivity contribution in [2.45, 2.75) is 0 Å². The van der Waals surface area contributed by atoms with Crippen LogP contribution in [0.1, 0.15) is 0 Å². The summed E-state index contributed by atoms with van der Waals surface area (Å²) in [5.74, 6) is 0. The van der Waals surface area contributed by atoms with Gasteiger partial charge in [-0.05, 0) is 0 Å². The minimum atomic E-state index is -4.23. The Labute approximate surface area is 206 Å². The maximum absolute atomic E-state index is 6.91. The molecule has 0 aliphatic rings. The van der Waals surface area contributed by atoms with Gasteiger partial charge in [0, 0.05) is 0 Å². The fourth-order valence-corrected chi connectivity index (χ4v) is 27.0. The van der Waals surface area contributed by atoms with Crippen LogP contribution in [0.3, 0.4) is 0 Å². The number of benzene rings is 4. The van der Waals surface area contributed by atoms with Gasteiger partial charge in [0.2, 0.25) is 0 Å². The molecule has 0 N–H and O–H groups in total. The molecule has 0 saturated carbocycles. The van der Waals surface area contributed by atoms with Crippen LogP contribution in [0.5, 0.6) is 0 Å². The van der Waals surface area contributed by atoms with Crippen molar-refractivity contribution < 1.29 is 0 Å². The third kappa shape index (κ3) is 3.70. The van der Waals surface area contributed by atoms with Crippen molar-refractivity contribution in [2.24, 2.45) is 0 Å². The summed E-state index contributed by atoms with van der Waals surface area (Å²) in [5.41, 5.74) is 0. The van der Waals surface area contributed by atoms with Gasteiger partial charge in [0.1, 0.15) is 0 Å². The van der Waals surface area contributed by atoms with Crippen LogP contribution in [-0.4, -0.2) is 21.2 Å². The fourth-order valence-electron chi connectivity index (χ4n) is 3.93. The molecule has 0 bridgehead atoms. The molecule has 6 heteroatoms. The summed E-state index contributed by atoms with van der Waals surface area (Å²) in [6.45, 7) is 0. The van der Waals surface area contributed by atoms with E-state index in [4.69, 9.17) is 58.0 Å². The molecule has 0 aromatic heterocycles. The summed E-state index contributed by atoms with van der Waals surface area (Å²) in [7, 11) is 0. The Balaban J connectivity index is 2.27. The molecule has 30 heavy (non-hydrogen) atoms. The Kier molecular flexibility index (Phi) is 7.03. The SMILES string of the molecule is Clc1c(Cl)c(Cl)[c]([Pb]([c]2ccccc2)([c]2ccccc2)[c]2ccccc2)c(Cl)c1Cl. The van der Waals surface area contributed by atoms with Crippen LogP contribution in [0.4, 0.5) is 0 Å². The van der Waals surface area contributed by atoms with Crippen molar-refractivity contribution in [2.75, 3.05) is 0 Å². The quantitative estimate of drug-likeness (QED) is 0.134. The zero-order chi connectivity index (χ0) is 21.3. The normalized spacial score (nSPS) is 11.5. The molecule has 0 spiro atoms. The van der Waals surface area contributed by atoms with Gasteiger partial charge in [0.15, 0.2) is 0 Å². The van der Waals surface area contributed by atoms with E-state index in [1.54, 1.807) is 0 Å². The van der Waals surface area contributed by atoms with E-state index in [1.807, 2.05) is 54.6 Å². The minimum absolute atomic E-state index is 0.175. The molecular weight excluding hydrogens is 673 g/mol. The first-order valence-electron chi connectivity index (χ1n) is 9.18. The molecule has 0 atom stereocenters. The zero-order valence-electron chi connectivity index (χ0n) is 15.6. The number of rotatable bonds is 4. The zero-order valence-corrected chi connectivity index (χ0v) is 23.2. The van der Waals surface area contributed by atoms with E-state index in [1.165, 1.54) is 9.37 Å². The van der Waals surface area contributed by atoms with Crippen molar-refractivity contribution in [3.05, 3.63) is 116 Å². The Morgan fingerprint density at radius 2 is 0.633 bits per heavy atom. The molecule has 0 amide bonds. The van der Waals surface area contributed by atoms with E-state index in [9.17, 15) is 0 Å². The van der Waals surface area contributed by atoms with Crippen molar-refractivity contribution >= 4 is 91.7 Å². The first-order valence-corrected chi connectivity index (χ1v) is 18.8. The van der Waals surface area contributed by atoms with Gasteiger partial charge in [-0.1, -0.05) is 0 Å². The van der Waals surface area contributed by atoms with Crippen molar-refractivity contribution in [3.8, 4) is 0 Å². The molecule has 4 aromatic rings. The second-order valence-electron chi connectivity index (χ2n) is 6.79. The third-order valence-electron chi connectivity index (χ3n) is 5.21. The molecule has 0 saturated heterocycles.